The number of nitrogens with zero attached hydrogens (tertiary/aromatic N) is 1. The van der Waals surface area contributed by atoms with Gasteiger partial charge in [0.05, 0.1) is 5.02 Å². The molecule has 1 nitrogen and oxygen atoms in total. The van der Waals surface area contributed by atoms with E-state index < -0.39 is 11.9 Å². The molecule has 6 heteroatoms. The highest BCUT2D eigenvalue weighted by molar-refractivity contribution is 6.32. The third-order valence-corrected chi connectivity index (χ3v) is 2.00. The molecule has 0 aromatic carbocycles. The predicted octanol–water partition coefficient (Wildman–Crippen LogP) is 3.49. The first-order chi connectivity index (χ1) is 5.95. The van der Waals surface area contributed by atoms with Gasteiger partial charge in [-0.2, -0.15) is 13.2 Å². The molecule has 0 saturated heterocycles. The molecule has 0 fully saturated rings. The zero-order chi connectivity index (χ0) is 10.1. The molecule has 0 bridgehead atoms. The van der Waals surface area contributed by atoms with E-state index in [2.05, 4.69) is 4.98 Å². The van der Waals surface area contributed by atoms with Crippen LogP contribution < -0.4 is 0 Å². The van der Waals surface area contributed by atoms with Gasteiger partial charge in [-0.15, -0.1) is 11.6 Å². The zero-order valence-corrected chi connectivity index (χ0v) is 7.71. The number of pyridine rings is 1. The van der Waals surface area contributed by atoms with Crippen molar-refractivity contribution in [3.63, 3.8) is 0 Å². The minimum Gasteiger partial charge on any atom is -0.250 e. The van der Waals surface area contributed by atoms with Crippen molar-refractivity contribution in [2.24, 2.45) is 0 Å². The van der Waals surface area contributed by atoms with E-state index in [4.69, 9.17) is 23.2 Å². The smallest absolute Gasteiger partial charge is 0.250 e. The third kappa shape index (κ3) is 2.48. The first-order valence-corrected chi connectivity index (χ1v) is 4.14. The maximum absolute atomic E-state index is 12.1. The first kappa shape index (κ1) is 10.6. The number of hydrogen-bond acceptors (Lipinski definition) is 1. The molecule has 0 aliphatic heterocycles. The summed E-state index contributed by atoms with van der Waals surface area (Å²) in [6, 6.07) is 0.843. The fourth-order valence-electron chi connectivity index (χ4n) is 0.738. The molecule has 1 aromatic rings. The molecule has 1 aromatic heterocycles. The van der Waals surface area contributed by atoms with Gasteiger partial charge >= 0.3 is 6.18 Å². The molecule has 0 amide bonds. The highest BCUT2D eigenvalue weighted by Crippen LogP contribution is 2.30. The zero-order valence-electron chi connectivity index (χ0n) is 6.20. The van der Waals surface area contributed by atoms with Crippen LogP contribution in [-0.2, 0) is 12.1 Å². The molecule has 0 atom stereocenters. The van der Waals surface area contributed by atoms with Crippen molar-refractivity contribution in [1.82, 2.24) is 4.98 Å². The van der Waals surface area contributed by atoms with Crippen LogP contribution >= 0.6 is 23.2 Å². The lowest BCUT2D eigenvalue weighted by Gasteiger charge is -2.07. The minimum atomic E-state index is -4.45. The number of hydrogen-bond donors (Lipinski definition) is 0. The van der Waals surface area contributed by atoms with Crippen LogP contribution in [-0.4, -0.2) is 4.98 Å². The predicted molar refractivity (Wildman–Crippen MR) is 43.8 cm³/mol. The third-order valence-electron chi connectivity index (χ3n) is 1.37. The highest BCUT2D eigenvalue weighted by Gasteiger charge is 2.32. The van der Waals surface area contributed by atoms with Gasteiger partial charge in [0, 0.05) is 12.1 Å². The van der Waals surface area contributed by atoms with E-state index in [9.17, 15) is 13.2 Å². The van der Waals surface area contributed by atoms with E-state index >= 15 is 0 Å². The quantitative estimate of drug-likeness (QED) is 0.673. The standard InChI is InChI=1S/C7H4Cl2F3N/c8-2-4-1-6(7(10,11)12)13-3-5(4)9/h1,3H,2H2. The summed E-state index contributed by atoms with van der Waals surface area (Å²) in [5.41, 5.74) is -0.752. The van der Waals surface area contributed by atoms with Gasteiger partial charge in [-0.1, -0.05) is 11.6 Å². The molecular formula is C7H4Cl2F3N. The van der Waals surface area contributed by atoms with Gasteiger partial charge in [0.15, 0.2) is 0 Å². The lowest BCUT2D eigenvalue weighted by molar-refractivity contribution is -0.141. The molecule has 0 aliphatic rings. The van der Waals surface area contributed by atoms with Crippen molar-refractivity contribution in [1.29, 1.82) is 0 Å². The van der Waals surface area contributed by atoms with Gasteiger partial charge in [0.25, 0.3) is 0 Å². The van der Waals surface area contributed by atoms with Crippen LogP contribution in [0.5, 0.6) is 0 Å². The Morgan fingerprint density at radius 2 is 2.00 bits per heavy atom. The van der Waals surface area contributed by atoms with Gasteiger partial charge in [0.2, 0.25) is 0 Å². The first-order valence-electron chi connectivity index (χ1n) is 3.22. The molecule has 0 aliphatic carbocycles. The van der Waals surface area contributed by atoms with Crippen LogP contribution in [0.15, 0.2) is 12.3 Å². The number of rotatable bonds is 1. The Hall–Kier alpha value is -0.480. The van der Waals surface area contributed by atoms with Crippen LogP contribution in [0.1, 0.15) is 11.3 Å². The number of alkyl halides is 4. The number of aromatic nitrogens is 1. The van der Waals surface area contributed by atoms with Gasteiger partial charge in [-0.3, -0.25) is 4.98 Å². The second-order valence-corrected chi connectivity index (χ2v) is 2.97. The molecule has 1 rings (SSSR count). The summed E-state index contributed by atoms with van der Waals surface area (Å²) in [7, 11) is 0. The van der Waals surface area contributed by atoms with Crippen LogP contribution in [0.25, 0.3) is 0 Å². The number of halogens is 5. The largest absolute Gasteiger partial charge is 0.433 e. The monoisotopic (exact) mass is 229 g/mol. The summed E-state index contributed by atoms with van der Waals surface area (Å²) in [6.07, 6.45) is -3.51. The van der Waals surface area contributed by atoms with Crippen molar-refractivity contribution < 1.29 is 13.2 Å². The lowest BCUT2D eigenvalue weighted by Crippen LogP contribution is -2.08. The summed E-state index contributed by atoms with van der Waals surface area (Å²) >= 11 is 10.9. The van der Waals surface area contributed by atoms with Crippen molar-refractivity contribution in [3.05, 3.63) is 28.5 Å². The summed E-state index contributed by atoms with van der Waals surface area (Å²) in [5, 5.41) is 0.142. The van der Waals surface area contributed by atoms with Gasteiger partial charge in [-0.25, -0.2) is 0 Å². The van der Waals surface area contributed by atoms with E-state index in [1.807, 2.05) is 0 Å². The normalized spacial score (nSPS) is 11.8. The average molecular weight is 230 g/mol. The van der Waals surface area contributed by atoms with Gasteiger partial charge in [0.1, 0.15) is 5.69 Å². The maximum atomic E-state index is 12.1. The topological polar surface area (TPSA) is 12.9 Å². The van der Waals surface area contributed by atoms with Crippen LogP contribution in [0.3, 0.4) is 0 Å². The lowest BCUT2D eigenvalue weighted by atomic mass is 10.2. The van der Waals surface area contributed by atoms with E-state index in [1.54, 1.807) is 0 Å². The summed E-state index contributed by atoms with van der Waals surface area (Å²) in [4.78, 5) is 3.14. The molecule has 1 heterocycles. The Labute approximate surface area is 82.5 Å². The highest BCUT2D eigenvalue weighted by atomic mass is 35.5. The Balaban J connectivity index is 3.14. The summed E-state index contributed by atoms with van der Waals surface area (Å²) < 4.78 is 36.3. The van der Waals surface area contributed by atoms with Gasteiger partial charge < -0.3 is 0 Å². The molecule has 0 unspecified atom stereocenters. The Morgan fingerprint density at radius 3 is 2.46 bits per heavy atom. The van der Waals surface area contributed by atoms with Crippen molar-refractivity contribution in [2.75, 3.05) is 0 Å². The molecule has 0 spiro atoms. The minimum absolute atomic E-state index is 0.0650. The SMILES string of the molecule is FC(F)(F)c1cc(CCl)c(Cl)cn1. The molecule has 72 valence electrons. The van der Waals surface area contributed by atoms with Crippen LogP contribution in [0.2, 0.25) is 5.02 Å². The fraction of sp³-hybridized carbons (Fsp3) is 0.286. The molecule has 0 saturated carbocycles. The Bertz CT molecular complexity index is 311. The van der Waals surface area contributed by atoms with Crippen molar-refractivity contribution in [3.8, 4) is 0 Å². The van der Waals surface area contributed by atoms with Gasteiger partial charge in [-0.05, 0) is 11.6 Å². The Kier molecular flexibility index (Phi) is 3.03. The van der Waals surface area contributed by atoms with Crippen LogP contribution in [0.4, 0.5) is 13.2 Å². The maximum Gasteiger partial charge on any atom is 0.433 e. The summed E-state index contributed by atoms with van der Waals surface area (Å²) in [6.45, 7) is 0. The molecule has 0 radical (unpaired) electrons. The molecule has 0 N–H and O–H groups in total. The summed E-state index contributed by atoms with van der Waals surface area (Å²) in [5.74, 6) is -0.0650. The fourth-order valence-corrected chi connectivity index (χ4v) is 1.20. The average Bonchev–Trinajstić information content (AvgIpc) is 2.03. The van der Waals surface area contributed by atoms with E-state index in [0.29, 0.717) is 0 Å². The van der Waals surface area contributed by atoms with Crippen LogP contribution in [0, 0.1) is 0 Å². The van der Waals surface area contributed by atoms with Crippen molar-refractivity contribution in [2.45, 2.75) is 12.1 Å². The Morgan fingerprint density at radius 1 is 1.38 bits per heavy atom. The van der Waals surface area contributed by atoms with E-state index in [-0.39, 0.29) is 16.5 Å². The van der Waals surface area contributed by atoms with E-state index in [1.165, 1.54) is 0 Å². The molecular weight excluding hydrogens is 226 g/mol. The van der Waals surface area contributed by atoms with Crippen molar-refractivity contribution >= 4 is 23.2 Å². The molecule has 13 heavy (non-hydrogen) atoms. The second kappa shape index (κ2) is 3.72. The van der Waals surface area contributed by atoms with E-state index in [0.717, 1.165) is 12.3 Å². The second-order valence-electron chi connectivity index (χ2n) is 2.29.